The third-order valence-corrected chi connectivity index (χ3v) is 1.20. The predicted octanol–water partition coefficient (Wildman–Crippen LogP) is 1.99. The minimum Gasteiger partial charge on any atom is -0.497 e. The van der Waals surface area contributed by atoms with E-state index in [9.17, 15) is 4.39 Å². The minimum atomic E-state index is -0.416. The second kappa shape index (κ2) is 4.18. The Morgan fingerprint density at radius 1 is 1.45 bits per heavy atom. The molecule has 11 heavy (non-hydrogen) atoms. The van der Waals surface area contributed by atoms with Gasteiger partial charge in [0.25, 0.3) is 0 Å². The van der Waals surface area contributed by atoms with Crippen molar-refractivity contribution < 1.29 is 9.13 Å². The highest BCUT2D eigenvalue weighted by Crippen LogP contribution is 2.17. The van der Waals surface area contributed by atoms with E-state index in [1.807, 2.05) is 0 Å². The maximum Gasteiger partial charge on any atom is 0.146 e. The number of methoxy groups -OCH3 is 1. The predicted molar refractivity (Wildman–Crippen MR) is 47.7 cm³/mol. The summed E-state index contributed by atoms with van der Waals surface area (Å²) < 4.78 is 17.3. The Balaban J connectivity index is 0.000001000. The second-order valence-electron chi connectivity index (χ2n) is 1.89. The van der Waals surface area contributed by atoms with Crippen molar-refractivity contribution in [2.75, 3.05) is 12.8 Å². The quantitative estimate of drug-likeness (QED) is 0.737. The summed E-state index contributed by atoms with van der Waals surface area (Å²) in [4.78, 5) is 0. The van der Waals surface area contributed by atoms with Gasteiger partial charge in [0.2, 0.25) is 0 Å². The fourth-order valence-electron chi connectivity index (χ4n) is 0.649. The molecule has 1 aromatic carbocycles. The summed E-state index contributed by atoms with van der Waals surface area (Å²) in [5.41, 5.74) is 5.35. The smallest absolute Gasteiger partial charge is 0.146 e. The lowest BCUT2D eigenvalue weighted by Gasteiger charge is -2.00. The number of hydrogen-bond acceptors (Lipinski definition) is 2. The van der Waals surface area contributed by atoms with Gasteiger partial charge in [-0.3, -0.25) is 0 Å². The maximum absolute atomic E-state index is 12.5. The summed E-state index contributed by atoms with van der Waals surface area (Å²) in [5, 5.41) is 0. The van der Waals surface area contributed by atoms with E-state index in [0.717, 1.165) is 0 Å². The molecule has 0 aromatic heterocycles. The number of nitrogen functional groups attached to an aromatic ring is 1. The molecule has 4 heteroatoms. The molecule has 0 heterocycles. The molecule has 2 nitrogen and oxygen atoms in total. The minimum absolute atomic E-state index is 0. The van der Waals surface area contributed by atoms with Gasteiger partial charge >= 0.3 is 0 Å². The van der Waals surface area contributed by atoms with Gasteiger partial charge in [-0.05, 0) is 12.1 Å². The number of rotatable bonds is 1. The number of nitrogens with two attached hydrogens (primary N) is 1. The van der Waals surface area contributed by atoms with E-state index in [4.69, 9.17) is 10.5 Å². The molecule has 62 valence electrons. The van der Waals surface area contributed by atoms with Gasteiger partial charge in [-0.2, -0.15) is 0 Å². The zero-order valence-corrected chi connectivity index (χ0v) is 7.72. The first-order valence-corrected chi connectivity index (χ1v) is 2.83. The summed E-state index contributed by atoms with van der Waals surface area (Å²) in [6.07, 6.45) is 0. The van der Waals surface area contributed by atoms with Crippen LogP contribution in [0.2, 0.25) is 0 Å². The van der Waals surface area contributed by atoms with Gasteiger partial charge in [-0.25, -0.2) is 4.39 Å². The van der Waals surface area contributed by atoms with Gasteiger partial charge in [0.1, 0.15) is 11.6 Å². The third kappa shape index (κ3) is 2.38. The fourth-order valence-corrected chi connectivity index (χ4v) is 0.649. The second-order valence-corrected chi connectivity index (χ2v) is 1.89. The molecule has 2 N–H and O–H groups in total. The molecule has 0 bridgehead atoms. The lowest BCUT2D eigenvalue weighted by molar-refractivity contribution is 0.414. The van der Waals surface area contributed by atoms with Crippen molar-refractivity contribution in [3.63, 3.8) is 0 Å². The third-order valence-electron chi connectivity index (χ3n) is 1.20. The normalized spacial score (nSPS) is 8.55. The highest BCUT2D eigenvalue weighted by Gasteiger charge is 1.97. The molecule has 0 aliphatic heterocycles. The maximum atomic E-state index is 12.5. The fraction of sp³-hybridized carbons (Fsp3) is 0.143. The highest BCUT2D eigenvalue weighted by atomic mass is 79.9. The molecule has 0 fully saturated rings. The van der Waals surface area contributed by atoms with Gasteiger partial charge in [0.05, 0.1) is 12.8 Å². The molecule has 0 unspecified atom stereocenters. The summed E-state index contributed by atoms with van der Waals surface area (Å²) in [5.74, 6) is 0.153. The molecule has 0 amide bonds. The summed E-state index contributed by atoms with van der Waals surface area (Å²) in [7, 11) is 1.51. The van der Waals surface area contributed by atoms with Crippen LogP contribution in [0.5, 0.6) is 5.75 Å². The van der Waals surface area contributed by atoms with Gasteiger partial charge in [-0.1, -0.05) is 0 Å². The zero-order chi connectivity index (χ0) is 7.56. The van der Waals surface area contributed by atoms with Crippen LogP contribution in [-0.4, -0.2) is 7.11 Å². The molecule has 1 rings (SSSR count). The lowest BCUT2D eigenvalue weighted by atomic mass is 10.3. The van der Waals surface area contributed by atoms with E-state index in [2.05, 4.69) is 0 Å². The van der Waals surface area contributed by atoms with E-state index in [0.29, 0.717) is 5.75 Å². The van der Waals surface area contributed by atoms with E-state index in [-0.39, 0.29) is 22.7 Å². The standard InChI is InChI=1S/C7H8FNO.BrH/c1-10-5-2-3-6(8)7(9)4-5;/h2-4H,9H2,1H3;1H. The Morgan fingerprint density at radius 2 is 2.09 bits per heavy atom. The Morgan fingerprint density at radius 3 is 2.55 bits per heavy atom. The molecular weight excluding hydrogens is 213 g/mol. The Kier molecular flexibility index (Phi) is 3.89. The van der Waals surface area contributed by atoms with Crippen molar-refractivity contribution in [3.05, 3.63) is 24.0 Å². The molecule has 0 saturated heterocycles. The van der Waals surface area contributed by atoms with Crippen LogP contribution in [0.4, 0.5) is 10.1 Å². The number of benzene rings is 1. The Hall–Kier alpha value is -0.770. The van der Waals surface area contributed by atoms with Crippen molar-refractivity contribution in [2.45, 2.75) is 0 Å². The Bertz CT molecular complexity index is 242. The molecule has 0 aliphatic carbocycles. The number of hydrogen-bond donors (Lipinski definition) is 1. The van der Waals surface area contributed by atoms with Gasteiger partial charge in [0, 0.05) is 6.07 Å². The molecule has 1 aromatic rings. The van der Waals surface area contributed by atoms with Crippen LogP contribution in [-0.2, 0) is 0 Å². The largest absolute Gasteiger partial charge is 0.497 e. The van der Waals surface area contributed by atoms with Crippen LogP contribution >= 0.6 is 17.0 Å². The molecule has 0 saturated carbocycles. The van der Waals surface area contributed by atoms with Gasteiger partial charge in [-0.15, -0.1) is 17.0 Å². The van der Waals surface area contributed by atoms with Crippen molar-refractivity contribution >= 4 is 22.7 Å². The number of anilines is 1. The molecule has 0 aliphatic rings. The van der Waals surface area contributed by atoms with Crippen molar-refractivity contribution in [1.82, 2.24) is 0 Å². The van der Waals surface area contributed by atoms with E-state index >= 15 is 0 Å². The van der Waals surface area contributed by atoms with Crippen LogP contribution in [0.15, 0.2) is 18.2 Å². The van der Waals surface area contributed by atoms with Gasteiger partial charge in [0.15, 0.2) is 0 Å². The van der Waals surface area contributed by atoms with Crippen LogP contribution < -0.4 is 10.5 Å². The molecule has 0 spiro atoms. The van der Waals surface area contributed by atoms with Crippen LogP contribution in [0.3, 0.4) is 0 Å². The van der Waals surface area contributed by atoms with E-state index < -0.39 is 5.82 Å². The average Bonchev–Trinajstić information content (AvgIpc) is 1.95. The molecular formula is C7H9BrFNO. The first-order chi connectivity index (χ1) is 4.74. The van der Waals surface area contributed by atoms with Crippen LogP contribution in [0.25, 0.3) is 0 Å². The monoisotopic (exact) mass is 221 g/mol. The van der Waals surface area contributed by atoms with E-state index in [1.165, 1.54) is 25.3 Å². The van der Waals surface area contributed by atoms with Crippen LogP contribution in [0, 0.1) is 5.82 Å². The van der Waals surface area contributed by atoms with Gasteiger partial charge < -0.3 is 10.5 Å². The number of halogens is 2. The summed E-state index contributed by atoms with van der Waals surface area (Å²) >= 11 is 0. The summed E-state index contributed by atoms with van der Waals surface area (Å²) in [6, 6.07) is 4.23. The SMILES string of the molecule is Br.COc1ccc(F)c(N)c1. The Labute approximate surface area is 74.9 Å². The summed E-state index contributed by atoms with van der Waals surface area (Å²) in [6.45, 7) is 0. The number of ether oxygens (including phenoxy) is 1. The van der Waals surface area contributed by atoms with Crippen molar-refractivity contribution in [3.8, 4) is 5.75 Å². The zero-order valence-electron chi connectivity index (χ0n) is 6.00. The van der Waals surface area contributed by atoms with Crippen LogP contribution in [0.1, 0.15) is 0 Å². The molecule has 0 radical (unpaired) electrons. The average molecular weight is 222 g/mol. The highest BCUT2D eigenvalue weighted by molar-refractivity contribution is 8.93. The molecule has 0 atom stereocenters. The first-order valence-electron chi connectivity index (χ1n) is 2.83. The van der Waals surface area contributed by atoms with Crippen molar-refractivity contribution in [1.29, 1.82) is 0 Å². The van der Waals surface area contributed by atoms with E-state index in [1.54, 1.807) is 0 Å². The van der Waals surface area contributed by atoms with Crippen molar-refractivity contribution in [2.24, 2.45) is 0 Å². The first kappa shape index (κ1) is 10.2. The topological polar surface area (TPSA) is 35.2 Å². The lowest BCUT2D eigenvalue weighted by Crippen LogP contribution is -1.91.